The Morgan fingerprint density at radius 1 is 0.516 bits per heavy atom. The Hall–Kier alpha value is -3.21. The molecule has 0 aromatic heterocycles. The first-order valence-corrected chi connectivity index (χ1v) is 31.2. The SMILES string of the molecule is C=Cc1ccc([SiH](C)CC23C=CC4(C[SiH](C)c5ccc(C=C)cc5)C5C=CC6C7CCC8C9C=CC%10C%11C=CC2C2=C%12C%13C%14=C(C2%11)C%10C9C2C%14C9C%13C(C5C6C9C7C82)C4C%123)cc1. The molecule has 2 heteroatoms. The van der Waals surface area contributed by atoms with Gasteiger partial charge in [-0.3, -0.25) is 0 Å². The summed E-state index contributed by atoms with van der Waals surface area (Å²) < 4.78 is 0. The lowest BCUT2D eigenvalue weighted by atomic mass is 9.43. The van der Waals surface area contributed by atoms with Gasteiger partial charge < -0.3 is 0 Å². The van der Waals surface area contributed by atoms with Gasteiger partial charge in [-0.1, -0.05) is 168 Å². The molecule has 310 valence electrons. The summed E-state index contributed by atoms with van der Waals surface area (Å²) in [5.74, 6) is 21.3. The first-order chi connectivity index (χ1) is 30.5. The first kappa shape index (κ1) is 34.2. The Kier molecular flexibility index (Phi) is 5.83. The molecule has 0 nitrogen and oxygen atoms in total. The number of fused-ring (bicyclic) bond motifs is 5. The summed E-state index contributed by atoms with van der Waals surface area (Å²) in [5.41, 5.74) is 11.8. The molecule has 0 heterocycles. The molecule has 28 unspecified atom stereocenters. The number of rotatable bonds is 8. The van der Waals surface area contributed by atoms with Crippen LogP contribution in [0.5, 0.6) is 0 Å². The summed E-state index contributed by atoms with van der Waals surface area (Å²) in [6.45, 7) is 13.8. The van der Waals surface area contributed by atoms with Crippen LogP contribution in [0.15, 0.2) is 133 Å². The normalized spacial score (nSPS) is 57.9. The van der Waals surface area contributed by atoms with Gasteiger partial charge in [-0.15, -0.1) is 0 Å². The van der Waals surface area contributed by atoms with E-state index < -0.39 is 17.6 Å². The maximum atomic E-state index is 4.14. The number of hydrogen-bond donors (Lipinski definition) is 0. The quantitative estimate of drug-likeness (QED) is 0.184. The van der Waals surface area contributed by atoms with E-state index in [1.54, 1.807) is 23.2 Å². The highest BCUT2D eigenvalue weighted by atomic mass is 28.3. The highest BCUT2D eigenvalue weighted by molar-refractivity contribution is 6.72. The highest BCUT2D eigenvalue weighted by Gasteiger charge is 2.86. The molecule has 0 aliphatic heterocycles. The van der Waals surface area contributed by atoms with Crippen molar-refractivity contribution >= 4 is 40.1 Å². The van der Waals surface area contributed by atoms with Gasteiger partial charge in [0.05, 0.1) is 17.6 Å². The number of allylic oxidation sites excluding steroid dienone is 12. The van der Waals surface area contributed by atoms with Crippen molar-refractivity contribution in [3.05, 3.63) is 144 Å². The van der Waals surface area contributed by atoms with E-state index in [9.17, 15) is 0 Å². The maximum Gasteiger partial charge on any atom is 0.0686 e. The van der Waals surface area contributed by atoms with E-state index >= 15 is 0 Å². The van der Waals surface area contributed by atoms with Crippen LogP contribution >= 0.6 is 0 Å². The average molecular weight is 839 g/mol. The third kappa shape index (κ3) is 3.23. The minimum absolute atomic E-state index is 0.238. The topological polar surface area (TPSA) is 0 Å². The molecule has 16 aliphatic rings. The molecular formula is C60H62Si2. The summed E-state index contributed by atoms with van der Waals surface area (Å²) >= 11 is 0. The second-order valence-electron chi connectivity index (χ2n) is 25.5. The monoisotopic (exact) mass is 838 g/mol. The van der Waals surface area contributed by atoms with Gasteiger partial charge >= 0.3 is 0 Å². The molecular weight excluding hydrogens is 777 g/mol. The van der Waals surface area contributed by atoms with Crippen molar-refractivity contribution in [1.82, 2.24) is 0 Å². The summed E-state index contributed by atoms with van der Waals surface area (Å²) in [7, 11) is -2.61. The number of hydrogen-bond acceptors (Lipinski definition) is 0. The highest BCUT2D eigenvalue weighted by Crippen LogP contribution is 2.92. The number of benzene rings is 2. The summed E-state index contributed by atoms with van der Waals surface area (Å²) in [6.07, 6.45) is 31.2. The van der Waals surface area contributed by atoms with Gasteiger partial charge in [0.1, 0.15) is 0 Å². The molecule has 18 rings (SSSR count). The lowest BCUT2D eigenvalue weighted by molar-refractivity contribution is -0.125. The molecule has 2 aromatic carbocycles. The maximum absolute atomic E-state index is 4.14. The Labute approximate surface area is 372 Å². The van der Waals surface area contributed by atoms with E-state index in [1.165, 1.54) is 23.2 Å². The van der Waals surface area contributed by atoms with Crippen molar-refractivity contribution in [1.29, 1.82) is 0 Å². The van der Waals surface area contributed by atoms with Gasteiger partial charge in [0, 0.05) is 23.2 Å². The van der Waals surface area contributed by atoms with Crippen LogP contribution < -0.4 is 10.4 Å². The second-order valence-corrected chi connectivity index (χ2v) is 31.2. The van der Waals surface area contributed by atoms with E-state index in [2.05, 4.69) is 146 Å². The van der Waals surface area contributed by atoms with Crippen molar-refractivity contribution in [3.8, 4) is 0 Å². The van der Waals surface area contributed by atoms with Crippen LogP contribution in [0.3, 0.4) is 0 Å². The fraction of sp³-hybridized carbons (Fsp3) is 0.533. The van der Waals surface area contributed by atoms with E-state index in [1.807, 2.05) is 12.2 Å². The minimum atomic E-state index is -1.31. The molecule has 16 aliphatic carbocycles. The predicted molar refractivity (Wildman–Crippen MR) is 256 cm³/mol. The fourth-order valence-electron chi connectivity index (χ4n) is 24.8. The van der Waals surface area contributed by atoms with Crippen LogP contribution in [0.4, 0.5) is 0 Å². The predicted octanol–water partition coefficient (Wildman–Crippen LogP) is 10.4. The molecule has 0 N–H and O–H groups in total. The zero-order chi connectivity index (χ0) is 40.2. The average Bonchev–Trinajstić information content (AvgIpc) is 4.13. The lowest BCUT2D eigenvalue weighted by Gasteiger charge is -2.61. The standard InChI is InChI=1S/C60H62Si2/c1-5-27-7-11-29(12-8-27)61(3)25-59-23-24-60(26-62(4)30-13-9-28(6-2)10-14-30)38-22-20-36-34-18-16-32-31-15-17-33-35-19-21-37(59)45-43(35)48-41(33)39(31)47-40(32)42(34)49-44(36)46(38)56-54-52(49)50(47)51(48)53(54)55(45)57(59)58(56)60/h5-15,17,19-24,31-44,46-47,49-50,52-54,56-58,61-62H,1-2,16,18,25-26H2,3-4H3. The molecule has 9 saturated carbocycles. The van der Waals surface area contributed by atoms with Crippen molar-refractivity contribution in [3.63, 3.8) is 0 Å². The minimum Gasteiger partial charge on any atom is -0.0985 e. The molecule has 0 bridgehead atoms. The zero-order valence-corrected chi connectivity index (χ0v) is 39.0. The van der Waals surface area contributed by atoms with Gasteiger partial charge in [-0.25, -0.2) is 0 Å². The third-order valence-corrected chi connectivity index (χ3v) is 30.8. The lowest BCUT2D eigenvalue weighted by Crippen LogP contribution is -2.58. The van der Waals surface area contributed by atoms with Gasteiger partial charge in [0.15, 0.2) is 0 Å². The summed E-state index contributed by atoms with van der Waals surface area (Å²) in [5, 5.41) is 3.37. The zero-order valence-electron chi connectivity index (χ0n) is 36.6. The van der Waals surface area contributed by atoms with Crippen LogP contribution in [0.2, 0.25) is 25.2 Å². The van der Waals surface area contributed by atoms with E-state index in [-0.39, 0.29) is 5.41 Å². The largest absolute Gasteiger partial charge is 0.0985 e. The first-order valence-electron chi connectivity index (χ1n) is 26.2. The van der Waals surface area contributed by atoms with Crippen LogP contribution in [0.1, 0.15) is 24.0 Å². The Bertz CT molecular complexity index is 2710. The Balaban J connectivity index is 0.922. The third-order valence-electron chi connectivity index (χ3n) is 25.1. The van der Waals surface area contributed by atoms with Gasteiger partial charge in [0.25, 0.3) is 0 Å². The van der Waals surface area contributed by atoms with Gasteiger partial charge in [-0.05, 0) is 166 Å². The molecule has 0 amide bonds. The molecule has 0 radical (unpaired) electrons. The van der Waals surface area contributed by atoms with Crippen LogP contribution in [0, 0.1) is 153 Å². The van der Waals surface area contributed by atoms with Gasteiger partial charge in [0.2, 0.25) is 0 Å². The Morgan fingerprint density at radius 3 is 1.84 bits per heavy atom. The van der Waals surface area contributed by atoms with E-state index in [0.717, 1.165) is 136 Å². The summed E-state index contributed by atoms with van der Waals surface area (Å²) in [4.78, 5) is 0. The molecule has 0 spiro atoms. The van der Waals surface area contributed by atoms with Gasteiger partial charge in [-0.2, -0.15) is 0 Å². The molecule has 28 atom stereocenters. The van der Waals surface area contributed by atoms with Crippen molar-refractivity contribution in [2.24, 2.45) is 153 Å². The molecule has 2 aromatic rings. The van der Waals surface area contributed by atoms with Crippen LogP contribution in [-0.2, 0) is 0 Å². The summed E-state index contributed by atoms with van der Waals surface area (Å²) in [6, 6.07) is 22.5. The van der Waals surface area contributed by atoms with Crippen LogP contribution in [-0.4, -0.2) is 17.6 Å². The van der Waals surface area contributed by atoms with Crippen molar-refractivity contribution < 1.29 is 0 Å². The van der Waals surface area contributed by atoms with E-state index in [4.69, 9.17) is 0 Å². The van der Waals surface area contributed by atoms with Crippen molar-refractivity contribution in [2.75, 3.05) is 0 Å². The Morgan fingerprint density at radius 2 is 1.11 bits per heavy atom. The molecule has 62 heavy (non-hydrogen) atoms. The smallest absolute Gasteiger partial charge is 0.0686 e. The second kappa shape index (κ2) is 10.6. The van der Waals surface area contributed by atoms with E-state index in [0.29, 0.717) is 11.3 Å². The fourth-order valence-corrected chi connectivity index (χ4v) is 30.4. The molecule has 9 fully saturated rings. The van der Waals surface area contributed by atoms with Crippen LogP contribution in [0.25, 0.3) is 12.2 Å². The van der Waals surface area contributed by atoms with Crippen molar-refractivity contribution in [2.45, 2.75) is 38.0 Å². The molecule has 0 saturated heterocycles.